The molecule has 6 nitrogen and oxygen atoms in total. The van der Waals surface area contributed by atoms with E-state index in [1.807, 2.05) is 0 Å². The Balaban J connectivity index is 1.22. The number of aliphatic hydroxyl groups is 2. The fraction of sp³-hybridized carbons (Fsp3) is 0.455. The Morgan fingerprint density at radius 2 is 1.12 bits per heavy atom. The molecule has 9 aliphatic rings. The third-order valence-electron chi connectivity index (χ3n) is 15.9. The average Bonchev–Trinajstić information content (AvgIpc) is 3.81. The van der Waals surface area contributed by atoms with Gasteiger partial charge in [0, 0.05) is 61.3 Å². The molecule has 2 aromatic carbocycles. The number of hydrogen-bond acceptors (Lipinski definition) is 4. The van der Waals surface area contributed by atoms with Gasteiger partial charge in [0.1, 0.15) is 25.2 Å². The maximum Gasteiger partial charge on any atom is 0.103 e. The van der Waals surface area contributed by atoms with Crippen molar-refractivity contribution in [3.05, 3.63) is 132 Å². The summed E-state index contributed by atoms with van der Waals surface area (Å²) in [5.74, 6) is 0.615. The summed E-state index contributed by atoms with van der Waals surface area (Å²) >= 11 is 0. The van der Waals surface area contributed by atoms with E-state index in [2.05, 4.69) is 108 Å². The van der Waals surface area contributed by atoms with Crippen LogP contribution in [-0.4, -0.2) is 95.8 Å². The van der Waals surface area contributed by atoms with Crippen LogP contribution in [0.3, 0.4) is 0 Å². The van der Waals surface area contributed by atoms with Crippen molar-refractivity contribution in [2.24, 2.45) is 11.8 Å². The lowest BCUT2D eigenvalue weighted by Crippen LogP contribution is -2.69. The summed E-state index contributed by atoms with van der Waals surface area (Å²) in [6.45, 7) is 15.0. The molecule has 2 aliphatic carbocycles. The molecule has 4 saturated heterocycles. The first-order chi connectivity index (χ1) is 24.5. The van der Waals surface area contributed by atoms with E-state index >= 15 is 0 Å². The summed E-state index contributed by atoms with van der Waals surface area (Å²) < 4.78 is 2.12. The van der Waals surface area contributed by atoms with Crippen LogP contribution in [0.5, 0.6) is 0 Å². The lowest BCUT2D eigenvalue weighted by atomic mass is 9.56. The predicted molar refractivity (Wildman–Crippen MR) is 198 cm³/mol. The molecule has 2 aromatic rings. The normalized spacial score (nSPS) is 45.5. The van der Waals surface area contributed by atoms with Crippen LogP contribution in [0.4, 0.5) is 11.4 Å². The fourth-order valence-electron chi connectivity index (χ4n) is 14.6. The Kier molecular flexibility index (Phi) is 6.00. The first-order valence-corrected chi connectivity index (χ1v) is 19.2. The van der Waals surface area contributed by atoms with Crippen LogP contribution in [0.15, 0.2) is 121 Å². The highest BCUT2D eigenvalue weighted by Gasteiger charge is 2.75. The zero-order chi connectivity index (χ0) is 33.6. The third-order valence-corrected chi connectivity index (χ3v) is 15.9. The van der Waals surface area contributed by atoms with E-state index < -0.39 is 0 Å². The molecule has 2 spiro atoms. The van der Waals surface area contributed by atoms with E-state index in [0.717, 1.165) is 73.9 Å². The first-order valence-electron chi connectivity index (χ1n) is 19.2. The Morgan fingerprint density at radius 3 is 1.54 bits per heavy atom. The number of piperidine rings is 2. The number of para-hydroxylation sites is 2. The van der Waals surface area contributed by atoms with Gasteiger partial charge < -0.3 is 29.0 Å². The molecule has 10 atom stereocenters. The minimum atomic E-state index is 0.0183. The van der Waals surface area contributed by atoms with Gasteiger partial charge in [-0.2, -0.15) is 0 Å². The average molecular weight is 667 g/mol. The molecule has 6 heteroatoms. The van der Waals surface area contributed by atoms with Crippen molar-refractivity contribution in [1.29, 1.82) is 0 Å². The maximum atomic E-state index is 10.5. The number of benzene rings is 2. The molecule has 4 bridgehead atoms. The summed E-state index contributed by atoms with van der Waals surface area (Å²) in [6, 6.07) is 20.3. The van der Waals surface area contributed by atoms with Crippen molar-refractivity contribution in [2.75, 3.05) is 62.3 Å². The van der Waals surface area contributed by atoms with Gasteiger partial charge in [-0.25, -0.2) is 0 Å². The number of fused-ring (bicyclic) bond motifs is 8. The van der Waals surface area contributed by atoms with Crippen molar-refractivity contribution in [2.45, 2.75) is 60.7 Å². The highest BCUT2D eigenvalue weighted by atomic mass is 16.3. The van der Waals surface area contributed by atoms with Gasteiger partial charge in [0.2, 0.25) is 0 Å². The van der Waals surface area contributed by atoms with Gasteiger partial charge in [0.25, 0.3) is 0 Å². The van der Waals surface area contributed by atoms with E-state index in [9.17, 15) is 10.2 Å². The Bertz CT molecular complexity index is 1850. The van der Waals surface area contributed by atoms with Gasteiger partial charge in [0.05, 0.1) is 62.3 Å². The molecule has 7 heterocycles. The molecule has 6 fully saturated rings. The third kappa shape index (κ3) is 3.24. The van der Waals surface area contributed by atoms with Gasteiger partial charge in [0.15, 0.2) is 0 Å². The second-order valence-electron chi connectivity index (χ2n) is 17.2. The van der Waals surface area contributed by atoms with Crippen molar-refractivity contribution in [3.8, 4) is 0 Å². The standard InChI is InChI=1S/C44H50N4O2/c1-3-17-47-19-15-43-35-9-5-7-11-37(35)45-26-34-32-24-40-44(16-20-48(40,18-4-2)28-30(32)14-22-50)36-10-6-8-12-38(36)46(42(34)44)25-33(41(43)45)31(23-39(43)47)29(27-47)13-21-49/h3-14,25-26,31-32,39-42,49-50H,1-2,15-24,27-28H2/q+2/b29-13-,30-14+,33-25-,34-26-/t31-,32-,39-,40-,41?,42?,43+,44+,47-,48-/m0/s1. The zero-order valence-corrected chi connectivity index (χ0v) is 29.1. The molecule has 2 unspecified atom stereocenters. The lowest BCUT2D eigenvalue weighted by Gasteiger charge is -2.59. The summed E-state index contributed by atoms with van der Waals surface area (Å²) in [6.07, 6.45) is 18.6. The second kappa shape index (κ2) is 10.0. The summed E-state index contributed by atoms with van der Waals surface area (Å²) in [5.41, 5.74) is 11.8. The van der Waals surface area contributed by atoms with Crippen LogP contribution < -0.4 is 9.80 Å². The molecule has 2 N–H and O–H groups in total. The second-order valence-corrected chi connectivity index (χ2v) is 17.2. The quantitative estimate of drug-likeness (QED) is 0.317. The summed E-state index contributed by atoms with van der Waals surface area (Å²) in [7, 11) is 0. The molecule has 50 heavy (non-hydrogen) atoms. The fourth-order valence-corrected chi connectivity index (χ4v) is 14.6. The number of nitrogens with zero attached hydrogens (tertiary/aromatic N) is 4. The van der Waals surface area contributed by atoms with Gasteiger partial charge >= 0.3 is 0 Å². The molecule has 256 valence electrons. The van der Waals surface area contributed by atoms with Crippen molar-refractivity contribution < 1.29 is 19.2 Å². The maximum absolute atomic E-state index is 10.5. The van der Waals surface area contributed by atoms with E-state index in [0.29, 0.717) is 23.9 Å². The predicted octanol–water partition coefficient (Wildman–Crippen LogP) is 5.48. The molecule has 0 radical (unpaired) electrons. The number of anilines is 2. The number of aliphatic hydroxyl groups excluding tert-OH is 2. The van der Waals surface area contributed by atoms with Crippen LogP contribution >= 0.6 is 0 Å². The first kappa shape index (κ1) is 30.0. The molecular weight excluding hydrogens is 617 g/mol. The van der Waals surface area contributed by atoms with Crippen LogP contribution in [0.1, 0.15) is 36.8 Å². The Labute approximate surface area is 296 Å². The number of hydrogen-bond donors (Lipinski definition) is 2. The highest BCUT2D eigenvalue weighted by molar-refractivity contribution is 5.77. The van der Waals surface area contributed by atoms with Gasteiger partial charge in [-0.05, 0) is 57.7 Å². The van der Waals surface area contributed by atoms with Gasteiger partial charge in [-0.1, -0.05) is 61.7 Å². The monoisotopic (exact) mass is 666 g/mol. The SMILES string of the molecule is C=CC[N@@+]12CC[C@]34c5ccccc5N5/C=C6\C7N(/C=C(\C53)[C@@H](C[C@@H]41)/C(=C/CO)C2)c1ccccc1[C@@]71CC[N@@+]2(CC=C)C/C(=C/CO)[C@@H]6C[C@@H]12. The van der Waals surface area contributed by atoms with Crippen molar-refractivity contribution in [3.63, 3.8) is 0 Å². The van der Waals surface area contributed by atoms with Gasteiger partial charge in [-0.3, -0.25) is 0 Å². The molecule has 11 rings (SSSR count). The van der Waals surface area contributed by atoms with Gasteiger partial charge in [-0.15, -0.1) is 0 Å². The molecule has 7 aliphatic heterocycles. The number of rotatable bonds is 6. The lowest BCUT2D eigenvalue weighted by molar-refractivity contribution is -0.937. The van der Waals surface area contributed by atoms with Crippen LogP contribution in [0.2, 0.25) is 0 Å². The molecular formula is C44H50N4O2+2. The van der Waals surface area contributed by atoms with Crippen molar-refractivity contribution >= 4 is 11.4 Å². The van der Waals surface area contributed by atoms with E-state index in [-0.39, 0.29) is 36.1 Å². The van der Waals surface area contributed by atoms with E-state index in [1.165, 1.54) is 33.6 Å². The molecule has 2 saturated carbocycles. The van der Waals surface area contributed by atoms with E-state index in [1.54, 1.807) is 11.1 Å². The number of quaternary nitrogens is 2. The minimum absolute atomic E-state index is 0.0183. The molecule has 0 amide bonds. The Morgan fingerprint density at radius 1 is 0.680 bits per heavy atom. The van der Waals surface area contributed by atoms with Crippen LogP contribution in [-0.2, 0) is 10.8 Å². The topological polar surface area (TPSA) is 46.9 Å². The smallest absolute Gasteiger partial charge is 0.103 e. The van der Waals surface area contributed by atoms with Crippen molar-refractivity contribution in [1.82, 2.24) is 0 Å². The highest BCUT2D eigenvalue weighted by Crippen LogP contribution is 2.69. The summed E-state index contributed by atoms with van der Waals surface area (Å²) in [5, 5.41) is 20.9. The Hall–Kier alpha value is -3.68. The largest absolute Gasteiger partial charge is 0.392 e. The minimum Gasteiger partial charge on any atom is -0.392 e. The van der Waals surface area contributed by atoms with Crippen LogP contribution in [0.25, 0.3) is 0 Å². The summed E-state index contributed by atoms with van der Waals surface area (Å²) in [4.78, 5) is 5.54. The van der Waals surface area contributed by atoms with E-state index in [4.69, 9.17) is 0 Å². The molecule has 0 aromatic heterocycles. The zero-order valence-electron chi connectivity index (χ0n) is 29.1. The van der Waals surface area contributed by atoms with Crippen LogP contribution in [0, 0.1) is 11.8 Å².